The highest BCUT2D eigenvalue weighted by molar-refractivity contribution is 5.73. The number of ether oxygens (including phenoxy) is 4. The molecule has 0 atom stereocenters. The number of rotatable bonds is 32. The monoisotopic (exact) mass is 651 g/mol. The second-order valence-electron chi connectivity index (χ2n) is 12.9. The standard InChI is InChI=1S/C39H70O7/c1-5-9-13-17-21-25-29-33-35(46-39(41)42)34(40)37(44-31-27-23-19-15-11-7-3)38(45-32-28-24-20-16-12-8-4)36(33)43-30-26-22-18-14-10-6-2/h40H,5-32H2,1-4H3,(H,41,42). The first-order valence-corrected chi connectivity index (χ1v) is 19.2. The molecule has 0 aliphatic rings. The van der Waals surface area contributed by atoms with Crippen LogP contribution in [0.25, 0.3) is 0 Å². The number of benzene rings is 1. The normalized spacial score (nSPS) is 11.1. The lowest BCUT2D eigenvalue weighted by Crippen LogP contribution is -2.12. The topological polar surface area (TPSA) is 94.5 Å². The molecule has 0 saturated heterocycles. The molecule has 0 heterocycles. The number of hydrogen-bond donors (Lipinski definition) is 2. The van der Waals surface area contributed by atoms with Gasteiger partial charge in [0.1, 0.15) is 0 Å². The summed E-state index contributed by atoms with van der Waals surface area (Å²) in [7, 11) is 0. The third-order valence-electron chi connectivity index (χ3n) is 8.59. The molecule has 0 unspecified atom stereocenters. The summed E-state index contributed by atoms with van der Waals surface area (Å²) in [6, 6.07) is 0. The van der Waals surface area contributed by atoms with Gasteiger partial charge in [-0.25, -0.2) is 4.79 Å². The Balaban J connectivity index is 3.34. The number of unbranched alkanes of at least 4 members (excludes halogenated alkanes) is 20. The molecule has 7 nitrogen and oxygen atoms in total. The number of carboxylic acid groups (broad SMARTS) is 1. The van der Waals surface area contributed by atoms with Gasteiger partial charge in [-0.05, 0) is 32.1 Å². The van der Waals surface area contributed by atoms with Crippen LogP contribution in [0.1, 0.15) is 187 Å². The minimum Gasteiger partial charge on any atom is -0.502 e. The molecule has 1 rings (SSSR count). The fourth-order valence-electron chi connectivity index (χ4n) is 5.79. The zero-order valence-corrected chi connectivity index (χ0v) is 30.2. The van der Waals surface area contributed by atoms with Gasteiger partial charge in [0, 0.05) is 5.56 Å². The second kappa shape index (κ2) is 28.9. The Bertz CT molecular complexity index is 886. The van der Waals surface area contributed by atoms with E-state index in [0.717, 1.165) is 64.2 Å². The SMILES string of the molecule is CCCCCCCCOc1c(O)c(OC(=O)O)c(CCCCCCCC)c(OCCCCCCCC)c1OCCCCCCCC. The Morgan fingerprint density at radius 3 is 1.22 bits per heavy atom. The van der Waals surface area contributed by atoms with Gasteiger partial charge in [-0.3, -0.25) is 0 Å². The molecule has 0 aromatic heterocycles. The van der Waals surface area contributed by atoms with E-state index in [1.54, 1.807) is 0 Å². The van der Waals surface area contributed by atoms with Crippen molar-refractivity contribution >= 4 is 6.16 Å². The molecule has 0 aliphatic heterocycles. The Hall–Kier alpha value is -2.31. The Morgan fingerprint density at radius 2 is 0.804 bits per heavy atom. The minimum absolute atomic E-state index is 0.0798. The van der Waals surface area contributed by atoms with Crippen LogP contribution in [0.4, 0.5) is 4.79 Å². The summed E-state index contributed by atoms with van der Waals surface area (Å²) in [6.45, 7) is 10.2. The lowest BCUT2D eigenvalue weighted by molar-refractivity contribution is 0.141. The summed E-state index contributed by atoms with van der Waals surface area (Å²) >= 11 is 0. The van der Waals surface area contributed by atoms with Crippen LogP contribution in [-0.2, 0) is 6.42 Å². The largest absolute Gasteiger partial charge is 0.511 e. The summed E-state index contributed by atoms with van der Waals surface area (Å²) in [6.07, 6.45) is 25.8. The van der Waals surface area contributed by atoms with E-state index in [1.807, 2.05) is 0 Å². The van der Waals surface area contributed by atoms with Crippen LogP contribution >= 0.6 is 0 Å². The molecule has 0 aliphatic carbocycles. The smallest absolute Gasteiger partial charge is 0.502 e. The van der Waals surface area contributed by atoms with Crippen LogP contribution in [0, 0.1) is 0 Å². The highest BCUT2D eigenvalue weighted by Crippen LogP contribution is 2.54. The van der Waals surface area contributed by atoms with Gasteiger partial charge in [-0.1, -0.05) is 156 Å². The lowest BCUT2D eigenvalue weighted by atomic mass is 10.0. The summed E-state index contributed by atoms with van der Waals surface area (Å²) in [5, 5.41) is 21.2. The van der Waals surface area contributed by atoms with E-state index in [1.165, 1.54) is 89.9 Å². The van der Waals surface area contributed by atoms with E-state index < -0.39 is 6.16 Å². The average molecular weight is 651 g/mol. The number of phenolic OH excluding ortho intramolecular Hbond substituents is 1. The molecule has 1 aromatic carbocycles. The van der Waals surface area contributed by atoms with Crippen LogP contribution < -0.4 is 18.9 Å². The molecule has 268 valence electrons. The van der Waals surface area contributed by atoms with Crippen LogP contribution in [0.3, 0.4) is 0 Å². The number of aromatic hydroxyl groups is 1. The molecule has 0 amide bonds. The maximum Gasteiger partial charge on any atom is 0.511 e. The summed E-state index contributed by atoms with van der Waals surface area (Å²) in [4.78, 5) is 11.9. The van der Waals surface area contributed by atoms with Crippen LogP contribution in [0.15, 0.2) is 0 Å². The molecule has 0 spiro atoms. The molecule has 0 fully saturated rings. The third kappa shape index (κ3) is 18.7. The highest BCUT2D eigenvalue weighted by atomic mass is 16.7. The summed E-state index contributed by atoms with van der Waals surface area (Å²) in [5.74, 6) is 0.616. The molecule has 1 aromatic rings. The predicted molar refractivity (Wildman–Crippen MR) is 190 cm³/mol. The van der Waals surface area contributed by atoms with Crippen LogP contribution in [0.5, 0.6) is 28.7 Å². The molecule has 0 bridgehead atoms. The van der Waals surface area contributed by atoms with Gasteiger partial charge in [-0.2, -0.15) is 0 Å². The Labute approximate surface area is 282 Å². The van der Waals surface area contributed by atoms with E-state index in [4.69, 9.17) is 18.9 Å². The van der Waals surface area contributed by atoms with E-state index in [2.05, 4.69) is 27.7 Å². The van der Waals surface area contributed by atoms with Gasteiger partial charge in [0.2, 0.25) is 17.2 Å². The van der Waals surface area contributed by atoms with E-state index >= 15 is 0 Å². The second-order valence-corrected chi connectivity index (χ2v) is 12.9. The van der Waals surface area contributed by atoms with Gasteiger partial charge in [0.05, 0.1) is 19.8 Å². The van der Waals surface area contributed by atoms with Crippen molar-refractivity contribution < 1.29 is 34.0 Å². The predicted octanol–water partition coefficient (Wildman–Crippen LogP) is 12.6. The molecular weight excluding hydrogens is 580 g/mol. The van der Waals surface area contributed by atoms with E-state index in [0.29, 0.717) is 43.3 Å². The molecule has 0 radical (unpaired) electrons. The van der Waals surface area contributed by atoms with Crippen molar-refractivity contribution in [1.29, 1.82) is 0 Å². The maximum atomic E-state index is 11.9. The molecule has 7 heteroatoms. The van der Waals surface area contributed by atoms with Crippen LogP contribution in [-0.4, -0.2) is 36.2 Å². The number of carbonyl (C=O) groups is 1. The first kappa shape index (κ1) is 41.7. The Kier molecular flexibility index (Phi) is 26.2. The van der Waals surface area contributed by atoms with Crippen molar-refractivity contribution in [2.24, 2.45) is 0 Å². The first-order valence-electron chi connectivity index (χ1n) is 19.2. The lowest BCUT2D eigenvalue weighted by Gasteiger charge is -2.23. The van der Waals surface area contributed by atoms with Gasteiger partial charge in [0.25, 0.3) is 0 Å². The first-order chi connectivity index (χ1) is 22.5. The molecule has 2 N–H and O–H groups in total. The average Bonchev–Trinajstić information content (AvgIpc) is 3.04. The van der Waals surface area contributed by atoms with Crippen molar-refractivity contribution in [3.63, 3.8) is 0 Å². The summed E-state index contributed by atoms with van der Waals surface area (Å²) in [5.41, 5.74) is 0.561. The van der Waals surface area contributed by atoms with Gasteiger partial charge in [-0.15, -0.1) is 0 Å². The quantitative estimate of drug-likeness (QED) is 0.0455. The molecule has 0 saturated carbocycles. The van der Waals surface area contributed by atoms with Crippen molar-refractivity contribution in [3.8, 4) is 28.7 Å². The van der Waals surface area contributed by atoms with Gasteiger partial charge >= 0.3 is 6.16 Å². The third-order valence-corrected chi connectivity index (χ3v) is 8.59. The van der Waals surface area contributed by atoms with Crippen molar-refractivity contribution in [2.75, 3.05) is 19.8 Å². The van der Waals surface area contributed by atoms with Gasteiger partial charge < -0.3 is 29.2 Å². The molecule has 46 heavy (non-hydrogen) atoms. The van der Waals surface area contributed by atoms with Crippen molar-refractivity contribution in [1.82, 2.24) is 0 Å². The fraction of sp³-hybridized carbons (Fsp3) is 0.821. The summed E-state index contributed by atoms with van der Waals surface area (Å²) < 4.78 is 24.4. The fourth-order valence-corrected chi connectivity index (χ4v) is 5.79. The van der Waals surface area contributed by atoms with Crippen molar-refractivity contribution in [3.05, 3.63) is 5.56 Å². The van der Waals surface area contributed by atoms with Crippen LogP contribution in [0.2, 0.25) is 0 Å². The highest BCUT2D eigenvalue weighted by Gasteiger charge is 2.30. The van der Waals surface area contributed by atoms with Crippen molar-refractivity contribution in [2.45, 2.75) is 188 Å². The minimum atomic E-state index is -1.47. The van der Waals surface area contributed by atoms with E-state index in [-0.39, 0.29) is 17.2 Å². The Morgan fingerprint density at radius 1 is 0.457 bits per heavy atom. The maximum absolute atomic E-state index is 11.9. The number of hydrogen-bond acceptors (Lipinski definition) is 6. The zero-order chi connectivity index (χ0) is 33.7. The molecular formula is C39H70O7. The van der Waals surface area contributed by atoms with E-state index in [9.17, 15) is 15.0 Å². The zero-order valence-electron chi connectivity index (χ0n) is 30.2. The number of phenols is 1. The van der Waals surface area contributed by atoms with Gasteiger partial charge in [0.15, 0.2) is 11.5 Å².